The van der Waals surface area contributed by atoms with Gasteiger partial charge in [-0.15, -0.1) is 0 Å². The Kier molecular flexibility index (Phi) is 15.4. The standard InChI is InChI=1S/C27H52F2N4O4/c1-16(2)11-12-30-20(9)33(10)23(35)15-27(28,29)25(36)21(13-17(3)4)31-26(37)24(19(7)8)32-22(34)14-18(5)6/h16-21,24-25,30,36H,11-15H2,1-10H3,(H,31,37)(H,32,34)/t20?,21?,24-,25?/m0/s1. The average molecular weight is 535 g/mol. The summed E-state index contributed by atoms with van der Waals surface area (Å²) in [7, 11) is 1.44. The van der Waals surface area contributed by atoms with Crippen molar-refractivity contribution in [3.05, 3.63) is 0 Å². The van der Waals surface area contributed by atoms with Crippen molar-refractivity contribution in [2.75, 3.05) is 13.6 Å². The molecule has 37 heavy (non-hydrogen) atoms. The summed E-state index contributed by atoms with van der Waals surface area (Å²) < 4.78 is 30.3. The van der Waals surface area contributed by atoms with Crippen molar-refractivity contribution in [2.24, 2.45) is 23.7 Å². The molecule has 0 aromatic carbocycles. The van der Waals surface area contributed by atoms with E-state index in [-0.39, 0.29) is 36.5 Å². The Hall–Kier alpha value is -1.81. The summed E-state index contributed by atoms with van der Waals surface area (Å²) in [6.45, 7) is 17.3. The fourth-order valence-corrected chi connectivity index (χ4v) is 3.84. The SMILES string of the molecule is CC(C)CCNC(C)N(C)C(=O)CC(F)(F)C(O)C(CC(C)C)NC(=O)[C@@H](NC(=O)CC(C)C)C(C)C. The van der Waals surface area contributed by atoms with Crippen LogP contribution in [0.4, 0.5) is 8.78 Å². The predicted molar refractivity (Wildman–Crippen MR) is 143 cm³/mol. The number of aliphatic hydroxyl groups is 1. The van der Waals surface area contributed by atoms with E-state index in [1.54, 1.807) is 34.6 Å². The van der Waals surface area contributed by atoms with E-state index in [1.807, 2.05) is 13.8 Å². The molecule has 0 aromatic rings. The lowest BCUT2D eigenvalue weighted by Gasteiger charge is -2.34. The van der Waals surface area contributed by atoms with Gasteiger partial charge in [-0.25, -0.2) is 8.78 Å². The van der Waals surface area contributed by atoms with Crippen LogP contribution in [0, 0.1) is 23.7 Å². The molecule has 3 unspecified atom stereocenters. The number of hydrogen-bond donors (Lipinski definition) is 4. The number of aliphatic hydroxyl groups excluding tert-OH is 1. The van der Waals surface area contributed by atoms with Crippen LogP contribution in [0.25, 0.3) is 0 Å². The molecule has 0 aliphatic rings. The molecule has 4 N–H and O–H groups in total. The van der Waals surface area contributed by atoms with Crippen molar-refractivity contribution < 1.29 is 28.3 Å². The van der Waals surface area contributed by atoms with Gasteiger partial charge in [-0.3, -0.25) is 19.7 Å². The van der Waals surface area contributed by atoms with E-state index in [4.69, 9.17) is 0 Å². The molecule has 8 nitrogen and oxygen atoms in total. The van der Waals surface area contributed by atoms with E-state index in [1.165, 1.54) is 11.9 Å². The Morgan fingerprint density at radius 3 is 1.92 bits per heavy atom. The third kappa shape index (κ3) is 13.5. The molecule has 0 fully saturated rings. The van der Waals surface area contributed by atoms with Gasteiger partial charge in [-0.05, 0) is 50.0 Å². The minimum Gasteiger partial charge on any atom is -0.385 e. The van der Waals surface area contributed by atoms with Gasteiger partial charge in [0.25, 0.3) is 5.92 Å². The number of nitrogens with zero attached hydrogens (tertiary/aromatic N) is 1. The Bertz CT molecular complexity index is 717. The van der Waals surface area contributed by atoms with Crippen molar-refractivity contribution in [1.29, 1.82) is 0 Å². The van der Waals surface area contributed by atoms with Gasteiger partial charge >= 0.3 is 0 Å². The van der Waals surface area contributed by atoms with Crippen LogP contribution in [0.2, 0.25) is 0 Å². The molecule has 0 spiro atoms. The van der Waals surface area contributed by atoms with Gasteiger partial charge in [0.15, 0.2) is 0 Å². The molecule has 0 aliphatic heterocycles. The molecule has 3 amide bonds. The third-order valence-corrected chi connectivity index (χ3v) is 6.25. The predicted octanol–water partition coefficient (Wildman–Crippen LogP) is 3.53. The second-order valence-corrected chi connectivity index (χ2v) is 11.8. The Labute approximate surface area is 222 Å². The highest BCUT2D eigenvalue weighted by atomic mass is 19.3. The monoisotopic (exact) mass is 534 g/mol. The van der Waals surface area contributed by atoms with E-state index in [0.29, 0.717) is 12.5 Å². The summed E-state index contributed by atoms with van der Waals surface area (Å²) in [5, 5.41) is 19.0. The maximum absolute atomic E-state index is 15.2. The molecular weight excluding hydrogens is 482 g/mol. The summed E-state index contributed by atoms with van der Waals surface area (Å²) >= 11 is 0. The first-order valence-electron chi connectivity index (χ1n) is 13.5. The maximum Gasteiger partial charge on any atom is 0.284 e. The Morgan fingerprint density at radius 1 is 0.892 bits per heavy atom. The molecule has 0 rings (SSSR count). The summed E-state index contributed by atoms with van der Waals surface area (Å²) in [5.74, 6) is -5.39. The van der Waals surface area contributed by atoms with E-state index < -0.39 is 48.5 Å². The summed E-state index contributed by atoms with van der Waals surface area (Å²) in [4.78, 5) is 39.1. The van der Waals surface area contributed by atoms with Gasteiger partial charge in [-0.2, -0.15) is 0 Å². The minimum absolute atomic E-state index is 0.0739. The molecule has 218 valence electrons. The zero-order valence-electron chi connectivity index (χ0n) is 24.5. The zero-order valence-corrected chi connectivity index (χ0v) is 24.5. The lowest BCUT2D eigenvalue weighted by Crippen LogP contribution is -2.58. The Morgan fingerprint density at radius 2 is 1.46 bits per heavy atom. The van der Waals surface area contributed by atoms with Crippen LogP contribution in [0.15, 0.2) is 0 Å². The van der Waals surface area contributed by atoms with Gasteiger partial charge in [0.2, 0.25) is 17.7 Å². The molecule has 0 saturated heterocycles. The first kappa shape index (κ1) is 35.2. The van der Waals surface area contributed by atoms with Crippen molar-refractivity contribution >= 4 is 17.7 Å². The van der Waals surface area contributed by atoms with Gasteiger partial charge in [0.05, 0.1) is 18.6 Å². The first-order chi connectivity index (χ1) is 16.9. The lowest BCUT2D eigenvalue weighted by atomic mass is 9.92. The highest BCUT2D eigenvalue weighted by Crippen LogP contribution is 2.29. The second kappa shape index (κ2) is 16.2. The normalized spacial score (nSPS) is 15.6. The molecule has 10 heteroatoms. The summed E-state index contributed by atoms with van der Waals surface area (Å²) in [6.07, 6.45) is -2.74. The third-order valence-electron chi connectivity index (χ3n) is 6.25. The van der Waals surface area contributed by atoms with Crippen LogP contribution in [-0.2, 0) is 14.4 Å². The number of halogens is 2. The number of rotatable bonds is 17. The van der Waals surface area contributed by atoms with Crippen LogP contribution in [0.5, 0.6) is 0 Å². The minimum atomic E-state index is -3.77. The second-order valence-electron chi connectivity index (χ2n) is 11.8. The van der Waals surface area contributed by atoms with Crippen LogP contribution >= 0.6 is 0 Å². The van der Waals surface area contributed by atoms with Gasteiger partial charge in [0, 0.05) is 13.5 Å². The molecule has 0 heterocycles. The van der Waals surface area contributed by atoms with E-state index in [9.17, 15) is 19.5 Å². The zero-order chi connectivity index (χ0) is 29.1. The molecular formula is C27H52F2N4O4. The highest BCUT2D eigenvalue weighted by Gasteiger charge is 2.46. The maximum atomic E-state index is 15.2. The number of alkyl halides is 2. The summed E-state index contributed by atoms with van der Waals surface area (Å²) in [5.41, 5.74) is 0. The molecule has 0 saturated carbocycles. The molecule has 0 aromatic heterocycles. The molecule has 4 atom stereocenters. The number of nitrogens with one attached hydrogen (secondary N) is 3. The number of hydrogen-bond acceptors (Lipinski definition) is 5. The highest BCUT2D eigenvalue weighted by molar-refractivity contribution is 5.88. The van der Waals surface area contributed by atoms with Gasteiger partial charge in [-0.1, -0.05) is 55.4 Å². The fraction of sp³-hybridized carbons (Fsp3) is 0.889. The smallest absolute Gasteiger partial charge is 0.284 e. The van der Waals surface area contributed by atoms with E-state index in [2.05, 4.69) is 29.8 Å². The van der Waals surface area contributed by atoms with Crippen molar-refractivity contribution in [3.8, 4) is 0 Å². The largest absolute Gasteiger partial charge is 0.385 e. The van der Waals surface area contributed by atoms with Crippen molar-refractivity contribution in [2.45, 2.75) is 118 Å². The first-order valence-corrected chi connectivity index (χ1v) is 13.5. The average Bonchev–Trinajstić information content (AvgIpc) is 2.73. The molecule has 0 radical (unpaired) electrons. The number of carbonyl (C=O) groups excluding carboxylic acids is 3. The van der Waals surface area contributed by atoms with Gasteiger partial charge < -0.3 is 20.6 Å². The number of carbonyl (C=O) groups is 3. The van der Waals surface area contributed by atoms with Crippen molar-refractivity contribution in [1.82, 2.24) is 20.9 Å². The topological polar surface area (TPSA) is 111 Å². The van der Waals surface area contributed by atoms with E-state index >= 15 is 8.78 Å². The lowest BCUT2D eigenvalue weighted by molar-refractivity contribution is -0.158. The molecule has 0 bridgehead atoms. The number of amides is 3. The molecule has 0 aliphatic carbocycles. The van der Waals surface area contributed by atoms with Crippen LogP contribution in [0.1, 0.15) is 88.0 Å². The van der Waals surface area contributed by atoms with Crippen LogP contribution in [-0.4, -0.2) is 71.6 Å². The van der Waals surface area contributed by atoms with Gasteiger partial charge in [0.1, 0.15) is 12.1 Å². The fourth-order valence-electron chi connectivity index (χ4n) is 3.84. The van der Waals surface area contributed by atoms with Crippen LogP contribution < -0.4 is 16.0 Å². The quantitative estimate of drug-likeness (QED) is 0.213. The Balaban J connectivity index is 5.47. The summed E-state index contributed by atoms with van der Waals surface area (Å²) in [6, 6.07) is -2.24. The van der Waals surface area contributed by atoms with E-state index in [0.717, 1.165) is 6.42 Å². The van der Waals surface area contributed by atoms with Crippen molar-refractivity contribution in [3.63, 3.8) is 0 Å². The van der Waals surface area contributed by atoms with Crippen LogP contribution in [0.3, 0.4) is 0 Å².